The van der Waals surface area contributed by atoms with Crippen LogP contribution < -0.4 is 15.5 Å². The third-order valence-electron chi connectivity index (χ3n) is 4.35. The first-order valence-corrected chi connectivity index (χ1v) is 10.2. The molecule has 6 heteroatoms. The zero-order chi connectivity index (χ0) is 17.7. The van der Waals surface area contributed by atoms with E-state index >= 15 is 0 Å². The first kappa shape index (κ1) is 17.8. The summed E-state index contributed by atoms with van der Waals surface area (Å²) in [5, 5.41) is 6.63. The molecule has 2 aromatic rings. The molecule has 1 aliphatic rings. The van der Waals surface area contributed by atoms with Crippen LogP contribution in [0.25, 0.3) is 0 Å². The number of benzene rings is 2. The fourth-order valence-electron chi connectivity index (χ4n) is 3.00. The number of hydrogen-bond acceptors (Lipinski definition) is 5. The van der Waals surface area contributed by atoms with Crippen LogP contribution in [0.4, 0.5) is 11.4 Å². The lowest BCUT2D eigenvalue weighted by Crippen LogP contribution is -2.43. The van der Waals surface area contributed by atoms with Gasteiger partial charge in [-0.2, -0.15) is 0 Å². The molecule has 2 aromatic carbocycles. The molecule has 1 saturated heterocycles. The molecule has 25 heavy (non-hydrogen) atoms. The largest absolute Gasteiger partial charge is 0.384 e. The predicted octanol–water partition coefficient (Wildman–Crippen LogP) is 2.75. The van der Waals surface area contributed by atoms with Gasteiger partial charge in [0.25, 0.3) is 0 Å². The van der Waals surface area contributed by atoms with Gasteiger partial charge in [-0.1, -0.05) is 25.1 Å². The highest BCUT2D eigenvalue weighted by Crippen LogP contribution is 2.31. The molecule has 0 saturated carbocycles. The average molecular weight is 359 g/mol. The van der Waals surface area contributed by atoms with E-state index < -0.39 is 9.84 Å². The van der Waals surface area contributed by atoms with Crippen LogP contribution in [0.5, 0.6) is 0 Å². The lowest BCUT2D eigenvalue weighted by molar-refractivity contribution is 0.588. The first-order valence-electron chi connectivity index (χ1n) is 8.76. The van der Waals surface area contributed by atoms with Crippen molar-refractivity contribution in [2.45, 2.75) is 23.1 Å². The van der Waals surface area contributed by atoms with Gasteiger partial charge in [-0.15, -0.1) is 0 Å². The molecule has 5 nitrogen and oxygen atoms in total. The van der Waals surface area contributed by atoms with Gasteiger partial charge in [0, 0.05) is 38.4 Å². The van der Waals surface area contributed by atoms with E-state index in [1.54, 1.807) is 30.3 Å². The Morgan fingerprint density at radius 3 is 2.48 bits per heavy atom. The van der Waals surface area contributed by atoms with Gasteiger partial charge in [0.05, 0.1) is 15.5 Å². The van der Waals surface area contributed by atoms with Crippen molar-refractivity contribution < 1.29 is 8.42 Å². The van der Waals surface area contributed by atoms with Crippen molar-refractivity contribution in [3.63, 3.8) is 0 Å². The Morgan fingerprint density at radius 2 is 1.80 bits per heavy atom. The van der Waals surface area contributed by atoms with E-state index in [1.165, 1.54) is 0 Å². The van der Waals surface area contributed by atoms with Crippen LogP contribution in [0.2, 0.25) is 0 Å². The molecule has 0 spiro atoms. The molecule has 0 amide bonds. The normalized spacial score (nSPS) is 15.2. The van der Waals surface area contributed by atoms with E-state index in [1.807, 2.05) is 18.2 Å². The number of nitrogens with zero attached hydrogens (tertiary/aromatic N) is 1. The third kappa shape index (κ3) is 3.96. The predicted molar refractivity (Wildman–Crippen MR) is 102 cm³/mol. The van der Waals surface area contributed by atoms with E-state index in [0.29, 0.717) is 15.5 Å². The monoisotopic (exact) mass is 359 g/mol. The van der Waals surface area contributed by atoms with Crippen LogP contribution in [-0.2, 0) is 9.84 Å². The topological polar surface area (TPSA) is 61.4 Å². The number of nitrogens with one attached hydrogen (secondary N) is 2. The zero-order valence-electron chi connectivity index (χ0n) is 14.5. The number of piperazine rings is 1. The Bertz CT molecular complexity index is 801. The lowest BCUT2D eigenvalue weighted by atomic mass is 10.2. The van der Waals surface area contributed by atoms with Crippen molar-refractivity contribution in [2.75, 3.05) is 42.9 Å². The molecular formula is C19H25N3O2S. The smallest absolute Gasteiger partial charge is 0.208 e. The van der Waals surface area contributed by atoms with Gasteiger partial charge in [-0.25, -0.2) is 8.42 Å². The highest BCUT2D eigenvalue weighted by atomic mass is 32.2. The number of rotatable bonds is 6. The van der Waals surface area contributed by atoms with Crippen molar-refractivity contribution in [3.05, 3.63) is 48.5 Å². The van der Waals surface area contributed by atoms with Crippen LogP contribution >= 0.6 is 0 Å². The Kier molecular flexibility index (Phi) is 5.60. The minimum absolute atomic E-state index is 0.324. The van der Waals surface area contributed by atoms with Gasteiger partial charge in [0.15, 0.2) is 0 Å². The summed E-state index contributed by atoms with van der Waals surface area (Å²) in [5.74, 6) is 0. The van der Waals surface area contributed by atoms with Crippen LogP contribution in [0, 0.1) is 0 Å². The molecule has 0 aromatic heterocycles. The fraction of sp³-hybridized carbons (Fsp3) is 0.368. The highest BCUT2D eigenvalue weighted by molar-refractivity contribution is 7.91. The van der Waals surface area contributed by atoms with E-state index in [0.717, 1.165) is 44.8 Å². The van der Waals surface area contributed by atoms with Crippen LogP contribution in [-0.4, -0.2) is 41.1 Å². The Morgan fingerprint density at radius 1 is 1.08 bits per heavy atom. The molecule has 1 heterocycles. The molecule has 0 bridgehead atoms. The van der Waals surface area contributed by atoms with E-state index in [-0.39, 0.29) is 0 Å². The zero-order valence-corrected chi connectivity index (χ0v) is 15.3. The van der Waals surface area contributed by atoms with Crippen LogP contribution in [0.15, 0.2) is 58.3 Å². The van der Waals surface area contributed by atoms with E-state index in [9.17, 15) is 8.42 Å². The van der Waals surface area contributed by atoms with Crippen molar-refractivity contribution in [2.24, 2.45) is 0 Å². The van der Waals surface area contributed by atoms with Gasteiger partial charge in [0.2, 0.25) is 9.84 Å². The Hall–Kier alpha value is -2.05. The van der Waals surface area contributed by atoms with Gasteiger partial charge in [0.1, 0.15) is 0 Å². The minimum atomic E-state index is -3.54. The summed E-state index contributed by atoms with van der Waals surface area (Å²) >= 11 is 0. The fourth-order valence-corrected chi connectivity index (χ4v) is 4.43. The van der Waals surface area contributed by atoms with Crippen molar-refractivity contribution >= 4 is 21.2 Å². The summed E-state index contributed by atoms with van der Waals surface area (Å²) in [6, 6.07) is 14.2. The van der Waals surface area contributed by atoms with Gasteiger partial charge in [-0.3, -0.25) is 0 Å². The van der Waals surface area contributed by atoms with Gasteiger partial charge >= 0.3 is 0 Å². The van der Waals surface area contributed by atoms with Crippen molar-refractivity contribution in [1.29, 1.82) is 0 Å². The molecule has 2 N–H and O–H groups in total. The second kappa shape index (κ2) is 7.89. The number of hydrogen-bond donors (Lipinski definition) is 2. The summed E-state index contributed by atoms with van der Waals surface area (Å²) < 4.78 is 26.1. The maximum absolute atomic E-state index is 13.0. The molecule has 1 fully saturated rings. The molecule has 0 unspecified atom stereocenters. The summed E-state index contributed by atoms with van der Waals surface area (Å²) in [7, 11) is -3.54. The second-order valence-electron chi connectivity index (χ2n) is 6.16. The van der Waals surface area contributed by atoms with Crippen molar-refractivity contribution in [1.82, 2.24) is 5.32 Å². The molecule has 0 aliphatic carbocycles. The molecule has 0 radical (unpaired) electrons. The van der Waals surface area contributed by atoms with Crippen LogP contribution in [0.1, 0.15) is 13.3 Å². The summed E-state index contributed by atoms with van der Waals surface area (Å²) in [4.78, 5) is 2.95. The summed E-state index contributed by atoms with van der Waals surface area (Å²) in [5.41, 5.74) is 1.74. The SMILES string of the molecule is CCCNc1cc(N2CCNCC2)ccc1S(=O)(=O)c1ccccc1. The highest BCUT2D eigenvalue weighted by Gasteiger charge is 2.22. The third-order valence-corrected chi connectivity index (χ3v) is 6.18. The maximum Gasteiger partial charge on any atom is 0.208 e. The van der Waals surface area contributed by atoms with Crippen molar-refractivity contribution in [3.8, 4) is 0 Å². The maximum atomic E-state index is 13.0. The summed E-state index contributed by atoms with van der Waals surface area (Å²) in [6.45, 7) is 6.56. The van der Waals surface area contributed by atoms with Gasteiger partial charge < -0.3 is 15.5 Å². The second-order valence-corrected chi connectivity index (χ2v) is 8.08. The molecule has 1 aliphatic heterocycles. The Balaban J connectivity index is 2.00. The van der Waals surface area contributed by atoms with Crippen LogP contribution in [0.3, 0.4) is 0 Å². The lowest BCUT2D eigenvalue weighted by Gasteiger charge is -2.30. The first-order chi connectivity index (χ1) is 12.1. The minimum Gasteiger partial charge on any atom is -0.384 e. The standard InChI is InChI=1S/C19H25N3O2S/c1-2-10-21-18-15-16(22-13-11-20-12-14-22)8-9-19(18)25(23,24)17-6-4-3-5-7-17/h3-9,15,20-21H,2,10-14H2,1H3. The van der Waals surface area contributed by atoms with E-state index in [2.05, 4.69) is 22.5 Å². The van der Waals surface area contributed by atoms with E-state index in [4.69, 9.17) is 0 Å². The molecule has 3 rings (SSSR count). The quantitative estimate of drug-likeness (QED) is 0.830. The molecule has 0 atom stereocenters. The Labute approximate surface area is 150 Å². The number of sulfone groups is 1. The average Bonchev–Trinajstić information content (AvgIpc) is 2.67. The summed E-state index contributed by atoms with van der Waals surface area (Å²) in [6.07, 6.45) is 0.933. The number of anilines is 2. The van der Waals surface area contributed by atoms with Gasteiger partial charge in [-0.05, 0) is 36.8 Å². The molecular weight excluding hydrogens is 334 g/mol. The molecule has 134 valence electrons.